The van der Waals surface area contributed by atoms with Gasteiger partial charge in [0, 0.05) is 11.8 Å². The number of aliphatic hydroxyl groups is 1. The van der Waals surface area contributed by atoms with Gasteiger partial charge in [0.25, 0.3) is 0 Å². The summed E-state index contributed by atoms with van der Waals surface area (Å²) in [6.07, 6.45) is 1.85. The van der Waals surface area contributed by atoms with Crippen molar-refractivity contribution in [3.63, 3.8) is 0 Å². The van der Waals surface area contributed by atoms with Gasteiger partial charge in [-0.1, -0.05) is 78.3 Å². The van der Waals surface area contributed by atoms with Crippen LogP contribution in [0.5, 0.6) is 0 Å². The number of pyridine rings is 1. The van der Waals surface area contributed by atoms with E-state index < -0.39 is 11.2 Å². The third-order valence-electron chi connectivity index (χ3n) is 6.19. The maximum absolute atomic E-state index is 10.5. The van der Waals surface area contributed by atoms with Crippen LogP contribution in [0.1, 0.15) is 27.7 Å². The molecule has 165 valence electrons. The molecule has 0 aliphatic heterocycles. The first-order valence-corrected chi connectivity index (χ1v) is 11.2. The van der Waals surface area contributed by atoms with Gasteiger partial charge in [-0.25, -0.2) is 0 Å². The number of nitrogens with zero attached hydrogens (tertiary/aromatic N) is 1. The zero-order chi connectivity index (χ0) is 23.5. The minimum atomic E-state index is -0.991. The molecular formula is C29H29BNO2. The zero-order valence-corrected chi connectivity index (χ0v) is 19.6. The summed E-state index contributed by atoms with van der Waals surface area (Å²) in [5.41, 5.74) is 5.55. The molecule has 0 unspecified atom stereocenters. The van der Waals surface area contributed by atoms with E-state index in [9.17, 15) is 5.11 Å². The minimum Gasteiger partial charge on any atom is -0.427 e. The quantitative estimate of drug-likeness (QED) is 0.369. The molecule has 0 bridgehead atoms. The molecule has 33 heavy (non-hydrogen) atoms. The maximum atomic E-state index is 10.5. The molecule has 0 saturated carbocycles. The maximum Gasteiger partial charge on any atom is 0.330 e. The van der Waals surface area contributed by atoms with Crippen LogP contribution in [0, 0.1) is 0 Å². The Morgan fingerprint density at radius 2 is 1.24 bits per heavy atom. The minimum absolute atomic E-state index is 0.749. The van der Waals surface area contributed by atoms with Crippen molar-refractivity contribution in [3.05, 3.63) is 97.2 Å². The molecule has 0 spiro atoms. The van der Waals surface area contributed by atoms with Crippen LogP contribution in [0.4, 0.5) is 0 Å². The molecule has 4 heteroatoms. The van der Waals surface area contributed by atoms with Crippen molar-refractivity contribution in [2.24, 2.45) is 0 Å². The highest BCUT2D eigenvalue weighted by atomic mass is 16.5. The summed E-state index contributed by atoms with van der Waals surface area (Å²) in [6, 6.07) is 31.1. The molecule has 0 aliphatic carbocycles. The predicted octanol–water partition coefficient (Wildman–Crippen LogP) is 5.89. The standard InChI is InChI=1S/C29H29BNO2/c1-28(2,32)29(3,4)33-30-26-18-24(22-13-9-6-10-14-22)17-25(19-26)27-20-23(15-16-31-27)21-11-7-5-8-12-21/h5-20,32H,1-4H3. The molecule has 3 aromatic carbocycles. The average Bonchev–Trinajstić information content (AvgIpc) is 2.83. The fourth-order valence-electron chi connectivity index (χ4n) is 3.42. The van der Waals surface area contributed by atoms with Crippen molar-refractivity contribution >= 4 is 12.9 Å². The van der Waals surface area contributed by atoms with Crippen LogP contribution >= 0.6 is 0 Å². The van der Waals surface area contributed by atoms with Gasteiger partial charge in [0.2, 0.25) is 0 Å². The lowest BCUT2D eigenvalue weighted by Crippen LogP contribution is -2.49. The third kappa shape index (κ3) is 5.41. The Kier molecular flexibility index (Phi) is 6.50. The zero-order valence-electron chi connectivity index (χ0n) is 19.6. The molecule has 0 saturated heterocycles. The normalized spacial score (nSPS) is 11.9. The van der Waals surface area contributed by atoms with Crippen LogP contribution in [-0.2, 0) is 4.65 Å². The molecule has 4 rings (SSSR count). The summed E-state index contributed by atoms with van der Waals surface area (Å²) >= 11 is 0. The molecule has 4 aromatic rings. The van der Waals surface area contributed by atoms with Gasteiger partial charge in [0.1, 0.15) is 0 Å². The summed E-state index contributed by atoms with van der Waals surface area (Å²) in [5.74, 6) is 0. The Morgan fingerprint density at radius 1 is 0.667 bits per heavy atom. The molecule has 1 heterocycles. The Bertz CT molecular complexity index is 1220. The van der Waals surface area contributed by atoms with Crippen LogP contribution in [0.15, 0.2) is 97.2 Å². The van der Waals surface area contributed by atoms with Crippen LogP contribution in [0.25, 0.3) is 33.5 Å². The van der Waals surface area contributed by atoms with Crippen LogP contribution in [0.3, 0.4) is 0 Å². The van der Waals surface area contributed by atoms with Gasteiger partial charge in [-0.2, -0.15) is 0 Å². The summed E-state index contributed by atoms with van der Waals surface area (Å²) < 4.78 is 6.06. The molecule has 1 radical (unpaired) electrons. The first kappa shape index (κ1) is 23.0. The smallest absolute Gasteiger partial charge is 0.330 e. The van der Waals surface area contributed by atoms with E-state index in [-0.39, 0.29) is 0 Å². The van der Waals surface area contributed by atoms with E-state index in [1.165, 1.54) is 0 Å². The molecule has 0 atom stereocenters. The second kappa shape index (κ2) is 9.34. The topological polar surface area (TPSA) is 42.4 Å². The monoisotopic (exact) mass is 434 g/mol. The highest BCUT2D eigenvalue weighted by molar-refractivity contribution is 6.47. The molecule has 0 aliphatic rings. The second-order valence-corrected chi connectivity index (χ2v) is 9.31. The van der Waals surface area contributed by atoms with Gasteiger partial charge in [-0.3, -0.25) is 4.98 Å². The first-order valence-electron chi connectivity index (χ1n) is 11.2. The van der Waals surface area contributed by atoms with E-state index in [0.717, 1.165) is 39.0 Å². The molecule has 0 amide bonds. The highest BCUT2D eigenvalue weighted by Gasteiger charge is 2.35. The Hall–Kier alpha value is -3.21. The molecule has 1 N–H and O–H groups in total. The van der Waals surface area contributed by atoms with Crippen molar-refractivity contribution in [1.29, 1.82) is 0 Å². The lowest BCUT2D eigenvalue weighted by molar-refractivity contribution is -0.0893. The average molecular weight is 434 g/mol. The van der Waals surface area contributed by atoms with Gasteiger partial charge in [0.05, 0.1) is 16.9 Å². The molecule has 0 fully saturated rings. The number of aromatic nitrogens is 1. The fourth-order valence-corrected chi connectivity index (χ4v) is 3.42. The number of benzene rings is 3. The first-order chi connectivity index (χ1) is 15.7. The summed E-state index contributed by atoms with van der Waals surface area (Å²) in [6.45, 7) is 7.28. The number of hydrogen-bond donors (Lipinski definition) is 1. The van der Waals surface area contributed by atoms with Crippen molar-refractivity contribution in [3.8, 4) is 33.5 Å². The van der Waals surface area contributed by atoms with Crippen molar-refractivity contribution in [1.82, 2.24) is 4.98 Å². The third-order valence-corrected chi connectivity index (χ3v) is 6.19. The van der Waals surface area contributed by atoms with Gasteiger partial charge in [0.15, 0.2) is 0 Å². The van der Waals surface area contributed by atoms with Crippen LogP contribution < -0.4 is 5.46 Å². The summed E-state index contributed by atoms with van der Waals surface area (Å²) in [4.78, 5) is 4.66. The Balaban J connectivity index is 1.74. The molecular weight excluding hydrogens is 405 g/mol. The molecule has 1 aromatic heterocycles. The summed E-state index contributed by atoms with van der Waals surface area (Å²) in [7, 11) is 1.73. The van der Waals surface area contributed by atoms with E-state index in [1.807, 2.05) is 62.5 Å². The van der Waals surface area contributed by atoms with E-state index >= 15 is 0 Å². The van der Waals surface area contributed by atoms with Crippen LogP contribution in [-0.4, -0.2) is 28.8 Å². The number of hydrogen-bond acceptors (Lipinski definition) is 3. The predicted molar refractivity (Wildman–Crippen MR) is 137 cm³/mol. The van der Waals surface area contributed by atoms with E-state index in [4.69, 9.17) is 4.65 Å². The van der Waals surface area contributed by atoms with E-state index in [0.29, 0.717) is 0 Å². The fraction of sp³-hybridized carbons (Fsp3) is 0.207. The highest BCUT2D eigenvalue weighted by Crippen LogP contribution is 2.28. The second-order valence-electron chi connectivity index (χ2n) is 9.31. The lowest BCUT2D eigenvalue weighted by Gasteiger charge is -2.37. The van der Waals surface area contributed by atoms with Gasteiger partial charge >= 0.3 is 7.48 Å². The largest absolute Gasteiger partial charge is 0.427 e. The lowest BCUT2D eigenvalue weighted by atomic mass is 9.80. The summed E-state index contributed by atoms with van der Waals surface area (Å²) in [5, 5.41) is 10.5. The van der Waals surface area contributed by atoms with Gasteiger partial charge in [-0.05, 0) is 68.1 Å². The van der Waals surface area contributed by atoms with Crippen molar-refractivity contribution in [2.75, 3.05) is 0 Å². The number of rotatable bonds is 7. The Morgan fingerprint density at radius 3 is 1.85 bits per heavy atom. The van der Waals surface area contributed by atoms with Gasteiger partial charge < -0.3 is 9.76 Å². The van der Waals surface area contributed by atoms with Crippen LogP contribution in [0.2, 0.25) is 0 Å². The van der Waals surface area contributed by atoms with Crippen molar-refractivity contribution < 1.29 is 9.76 Å². The van der Waals surface area contributed by atoms with E-state index in [2.05, 4.69) is 53.5 Å². The van der Waals surface area contributed by atoms with Crippen molar-refractivity contribution in [2.45, 2.75) is 38.9 Å². The van der Waals surface area contributed by atoms with E-state index in [1.54, 1.807) is 21.3 Å². The molecule has 3 nitrogen and oxygen atoms in total. The Labute approximate surface area is 197 Å². The SMILES string of the molecule is CC(C)(O)C(C)(C)O[B]c1cc(-c2ccccc2)cc(-c2cc(-c3ccccc3)ccn2)c1. The van der Waals surface area contributed by atoms with Gasteiger partial charge in [-0.15, -0.1) is 0 Å².